The molecule has 76 valence electrons. The molecule has 0 unspecified atom stereocenters. The van der Waals surface area contributed by atoms with E-state index in [0.29, 0.717) is 12.3 Å². The summed E-state index contributed by atoms with van der Waals surface area (Å²) in [6.45, 7) is 4.50. The van der Waals surface area contributed by atoms with Crippen molar-refractivity contribution in [2.24, 2.45) is 0 Å². The summed E-state index contributed by atoms with van der Waals surface area (Å²) in [5.41, 5.74) is 2.82. The summed E-state index contributed by atoms with van der Waals surface area (Å²) >= 11 is 4.04. The fraction of sp³-hybridized carbons (Fsp3) is 0.364. The van der Waals surface area contributed by atoms with Crippen LogP contribution in [0.5, 0.6) is 0 Å². The molecule has 1 rings (SSSR count). The van der Waals surface area contributed by atoms with E-state index < -0.39 is 0 Å². The number of benzene rings is 1. The highest BCUT2D eigenvalue weighted by atomic mass is 32.1. The van der Waals surface area contributed by atoms with Gasteiger partial charge in [-0.1, -0.05) is 18.2 Å². The number of aryl methyl sites for hydroxylation is 2. The summed E-state index contributed by atoms with van der Waals surface area (Å²) in [6, 6.07) is 5.85. The molecule has 1 aromatic rings. The zero-order valence-corrected chi connectivity index (χ0v) is 9.40. The first-order chi connectivity index (χ1) is 6.66. The minimum Gasteiger partial charge on any atom is -0.351 e. The second-order valence-corrected chi connectivity index (χ2v) is 3.69. The quantitative estimate of drug-likeness (QED) is 0.732. The van der Waals surface area contributed by atoms with E-state index in [1.165, 1.54) is 0 Å². The van der Waals surface area contributed by atoms with Crippen LogP contribution in [0.25, 0.3) is 0 Å². The number of hydrogen-bond acceptors (Lipinski definition) is 2. The fourth-order valence-corrected chi connectivity index (χ4v) is 1.54. The van der Waals surface area contributed by atoms with Crippen molar-refractivity contribution >= 4 is 18.5 Å². The van der Waals surface area contributed by atoms with Crippen LogP contribution in [0.4, 0.5) is 0 Å². The predicted octanol–water partition coefficient (Wildman–Crippen LogP) is 1.96. The summed E-state index contributed by atoms with van der Waals surface area (Å²) in [7, 11) is 0. The Morgan fingerprint density at radius 1 is 1.36 bits per heavy atom. The van der Waals surface area contributed by atoms with Crippen molar-refractivity contribution in [3.63, 3.8) is 0 Å². The third kappa shape index (κ3) is 2.51. The molecule has 0 atom stereocenters. The predicted molar refractivity (Wildman–Crippen MR) is 62.1 cm³/mol. The van der Waals surface area contributed by atoms with E-state index in [9.17, 15) is 4.79 Å². The molecule has 0 fully saturated rings. The molecule has 3 heteroatoms. The lowest BCUT2D eigenvalue weighted by Crippen LogP contribution is -2.26. The smallest absolute Gasteiger partial charge is 0.251 e. The maximum atomic E-state index is 11.7. The van der Waals surface area contributed by atoms with Crippen molar-refractivity contribution in [3.8, 4) is 0 Å². The highest BCUT2D eigenvalue weighted by Crippen LogP contribution is 2.12. The molecule has 0 aliphatic rings. The second kappa shape index (κ2) is 5.05. The highest BCUT2D eigenvalue weighted by Gasteiger charge is 2.10. The van der Waals surface area contributed by atoms with E-state index in [4.69, 9.17) is 0 Å². The van der Waals surface area contributed by atoms with Gasteiger partial charge in [0, 0.05) is 17.9 Å². The summed E-state index contributed by atoms with van der Waals surface area (Å²) < 4.78 is 0. The average Bonchev–Trinajstić information content (AvgIpc) is 2.14. The lowest BCUT2D eigenvalue weighted by Gasteiger charge is -2.09. The molecule has 14 heavy (non-hydrogen) atoms. The van der Waals surface area contributed by atoms with Crippen molar-refractivity contribution < 1.29 is 4.79 Å². The average molecular weight is 209 g/mol. The van der Waals surface area contributed by atoms with Crippen molar-refractivity contribution in [1.82, 2.24) is 5.32 Å². The first-order valence-corrected chi connectivity index (χ1v) is 5.25. The minimum absolute atomic E-state index is 0.00495. The van der Waals surface area contributed by atoms with Crippen LogP contribution < -0.4 is 5.32 Å². The lowest BCUT2D eigenvalue weighted by molar-refractivity contribution is 0.0955. The molecule has 1 aromatic carbocycles. The van der Waals surface area contributed by atoms with Gasteiger partial charge < -0.3 is 5.32 Å². The molecule has 0 bridgehead atoms. The van der Waals surface area contributed by atoms with Gasteiger partial charge in [0.1, 0.15) is 0 Å². The van der Waals surface area contributed by atoms with Gasteiger partial charge in [0.25, 0.3) is 5.91 Å². The summed E-state index contributed by atoms with van der Waals surface area (Å²) in [5, 5.41) is 2.81. The van der Waals surface area contributed by atoms with Gasteiger partial charge in [-0.15, -0.1) is 0 Å². The second-order valence-electron chi connectivity index (χ2n) is 3.25. The highest BCUT2D eigenvalue weighted by molar-refractivity contribution is 7.80. The number of rotatable bonds is 3. The van der Waals surface area contributed by atoms with Gasteiger partial charge in [-0.25, -0.2) is 0 Å². The Labute approximate surface area is 90.1 Å². The molecule has 2 nitrogen and oxygen atoms in total. The molecule has 0 saturated carbocycles. The molecular formula is C11H15NOS. The molecule has 0 aliphatic heterocycles. The van der Waals surface area contributed by atoms with Gasteiger partial charge >= 0.3 is 0 Å². The number of carbonyl (C=O) groups is 1. The van der Waals surface area contributed by atoms with E-state index in [0.717, 1.165) is 16.7 Å². The van der Waals surface area contributed by atoms with Crippen molar-refractivity contribution in [2.45, 2.75) is 13.8 Å². The number of amides is 1. The van der Waals surface area contributed by atoms with Gasteiger partial charge in [-0.2, -0.15) is 12.6 Å². The Bertz CT molecular complexity index is 316. The molecule has 0 spiro atoms. The Morgan fingerprint density at radius 3 is 2.43 bits per heavy atom. The zero-order chi connectivity index (χ0) is 10.6. The summed E-state index contributed by atoms with van der Waals surface area (Å²) in [4.78, 5) is 11.7. The SMILES string of the molecule is Cc1cccc(C)c1C(=O)NCCS. The van der Waals surface area contributed by atoms with Gasteiger partial charge in [-0.3, -0.25) is 4.79 Å². The van der Waals surface area contributed by atoms with Gasteiger partial charge in [0.15, 0.2) is 0 Å². The Balaban J connectivity index is 2.89. The van der Waals surface area contributed by atoms with E-state index in [1.54, 1.807) is 0 Å². The monoisotopic (exact) mass is 209 g/mol. The number of thiol groups is 1. The lowest BCUT2D eigenvalue weighted by atomic mass is 10.0. The molecule has 0 heterocycles. The third-order valence-electron chi connectivity index (χ3n) is 2.11. The van der Waals surface area contributed by atoms with Crippen LogP contribution in [0.1, 0.15) is 21.5 Å². The number of nitrogens with one attached hydrogen (secondary N) is 1. The maximum Gasteiger partial charge on any atom is 0.251 e. The molecule has 0 radical (unpaired) electrons. The molecule has 0 aliphatic carbocycles. The normalized spacial score (nSPS) is 9.93. The Kier molecular flexibility index (Phi) is 4.01. The number of carbonyl (C=O) groups excluding carboxylic acids is 1. The van der Waals surface area contributed by atoms with E-state index >= 15 is 0 Å². The van der Waals surface area contributed by atoms with Crippen LogP contribution in [0.15, 0.2) is 18.2 Å². The van der Waals surface area contributed by atoms with Crippen LogP contribution in [0, 0.1) is 13.8 Å². The maximum absolute atomic E-state index is 11.7. The van der Waals surface area contributed by atoms with Gasteiger partial charge in [0.05, 0.1) is 0 Å². The van der Waals surface area contributed by atoms with Crippen molar-refractivity contribution in [2.75, 3.05) is 12.3 Å². The third-order valence-corrected chi connectivity index (χ3v) is 2.33. The van der Waals surface area contributed by atoms with Crippen molar-refractivity contribution in [1.29, 1.82) is 0 Å². The summed E-state index contributed by atoms with van der Waals surface area (Å²) in [6.07, 6.45) is 0. The van der Waals surface area contributed by atoms with Crippen LogP contribution >= 0.6 is 12.6 Å². The molecule has 1 N–H and O–H groups in total. The molecule has 0 saturated heterocycles. The van der Waals surface area contributed by atoms with Crippen LogP contribution in [-0.4, -0.2) is 18.2 Å². The Hall–Kier alpha value is -0.960. The van der Waals surface area contributed by atoms with Crippen molar-refractivity contribution in [3.05, 3.63) is 34.9 Å². The van der Waals surface area contributed by atoms with Crippen LogP contribution in [0.3, 0.4) is 0 Å². The zero-order valence-electron chi connectivity index (χ0n) is 8.50. The molecule has 1 amide bonds. The molecular weight excluding hydrogens is 194 g/mol. The molecule has 0 aromatic heterocycles. The van der Waals surface area contributed by atoms with Crippen LogP contribution in [0.2, 0.25) is 0 Å². The fourth-order valence-electron chi connectivity index (χ4n) is 1.43. The first-order valence-electron chi connectivity index (χ1n) is 4.62. The summed E-state index contributed by atoms with van der Waals surface area (Å²) in [5.74, 6) is 0.658. The van der Waals surface area contributed by atoms with E-state index in [-0.39, 0.29) is 5.91 Å². The van der Waals surface area contributed by atoms with Gasteiger partial charge in [-0.05, 0) is 25.0 Å². The van der Waals surface area contributed by atoms with E-state index in [2.05, 4.69) is 17.9 Å². The standard InChI is InChI=1S/C11H15NOS/c1-8-4-3-5-9(2)10(8)11(13)12-6-7-14/h3-5,14H,6-7H2,1-2H3,(H,12,13). The topological polar surface area (TPSA) is 29.1 Å². The van der Waals surface area contributed by atoms with Crippen LogP contribution in [-0.2, 0) is 0 Å². The first kappa shape index (κ1) is 11.1. The minimum atomic E-state index is -0.00495. The van der Waals surface area contributed by atoms with Gasteiger partial charge in [0.2, 0.25) is 0 Å². The van der Waals surface area contributed by atoms with E-state index in [1.807, 2.05) is 32.0 Å². The Morgan fingerprint density at radius 2 is 1.93 bits per heavy atom. The number of hydrogen-bond donors (Lipinski definition) is 2. The largest absolute Gasteiger partial charge is 0.351 e.